The maximum absolute atomic E-state index is 13.7. The fraction of sp³-hybridized carbons (Fsp3) is 0.273. The topological polar surface area (TPSA) is 75.9 Å². The van der Waals surface area contributed by atoms with Gasteiger partial charge in [0, 0.05) is 57.9 Å². The fourth-order valence-electron chi connectivity index (χ4n) is 5.74. The third-order valence-corrected chi connectivity index (χ3v) is 8.39. The minimum Gasteiger partial charge on any atom is -0.324 e. The van der Waals surface area contributed by atoms with Crippen LogP contribution in [0.3, 0.4) is 0 Å². The second-order valence-electron chi connectivity index (χ2n) is 10.8. The van der Waals surface area contributed by atoms with Gasteiger partial charge in [0.2, 0.25) is 5.95 Å². The van der Waals surface area contributed by atoms with Crippen molar-refractivity contribution in [3.05, 3.63) is 99.7 Å². The summed E-state index contributed by atoms with van der Waals surface area (Å²) in [6.07, 6.45) is 7.69. The molecule has 208 valence electrons. The number of halogens is 1. The summed E-state index contributed by atoms with van der Waals surface area (Å²) in [5, 5.41) is 4.60. The molecular formula is C33H33ClN6O. The molecule has 0 unspecified atom stereocenters. The largest absolute Gasteiger partial charge is 0.324 e. The van der Waals surface area contributed by atoms with Crippen LogP contribution in [-0.4, -0.2) is 44.6 Å². The summed E-state index contributed by atoms with van der Waals surface area (Å²) < 4.78 is 1.68. The van der Waals surface area contributed by atoms with Crippen LogP contribution in [0, 0.1) is 6.92 Å². The number of hydrogen-bond donors (Lipinski definition) is 1. The summed E-state index contributed by atoms with van der Waals surface area (Å²) >= 11 is 6.78. The summed E-state index contributed by atoms with van der Waals surface area (Å²) in [6, 6.07) is 18.2. The van der Waals surface area contributed by atoms with Gasteiger partial charge >= 0.3 is 0 Å². The van der Waals surface area contributed by atoms with Crippen molar-refractivity contribution in [2.24, 2.45) is 0 Å². The first-order chi connectivity index (χ1) is 19.9. The van der Waals surface area contributed by atoms with Crippen molar-refractivity contribution in [2.75, 3.05) is 25.5 Å². The molecule has 41 heavy (non-hydrogen) atoms. The van der Waals surface area contributed by atoms with Gasteiger partial charge in [-0.1, -0.05) is 29.8 Å². The van der Waals surface area contributed by atoms with E-state index in [-0.39, 0.29) is 5.56 Å². The van der Waals surface area contributed by atoms with E-state index >= 15 is 0 Å². The Morgan fingerprint density at radius 2 is 1.78 bits per heavy atom. The minimum atomic E-state index is -0.137. The lowest BCUT2D eigenvalue weighted by Gasteiger charge is -2.29. The molecule has 0 bridgehead atoms. The summed E-state index contributed by atoms with van der Waals surface area (Å²) in [5.74, 6) is 1.06. The third-order valence-electron chi connectivity index (χ3n) is 8.08. The Balaban J connectivity index is 1.31. The maximum Gasteiger partial charge on any atom is 0.260 e. The quantitative estimate of drug-likeness (QED) is 0.238. The molecule has 1 fully saturated rings. The van der Waals surface area contributed by atoms with Crippen LogP contribution in [0.25, 0.3) is 33.3 Å². The molecule has 1 aliphatic rings. The number of nitrogens with zero attached hydrogens (tertiary/aromatic N) is 5. The summed E-state index contributed by atoms with van der Waals surface area (Å²) in [4.78, 5) is 29.7. The van der Waals surface area contributed by atoms with E-state index in [0.717, 1.165) is 40.9 Å². The molecule has 0 radical (unpaired) electrons. The van der Waals surface area contributed by atoms with Crippen molar-refractivity contribution in [2.45, 2.75) is 39.2 Å². The first kappa shape index (κ1) is 27.1. The van der Waals surface area contributed by atoms with E-state index in [1.54, 1.807) is 17.0 Å². The van der Waals surface area contributed by atoms with Crippen LogP contribution in [0.1, 0.15) is 36.8 Å². The molecule has 8 heteroatoms. The van der Waals surface area contributed by atoms with Crippen molar-refractivity contribution >= 4 is 34.3 Å². The number of hydrogen-bond acceptors (Lipinski definition) is 6. The number of nitrogens with one attached hydrogen (secondary N) is 1. The molecular weight excluding hydrogens is 532 g/mol. The van der Waals surface area contributed by atoms with E-state index in [1.807, 2.05) is 50.4 Å². The van der Waals surface area contributed by atoms with E-state index in [2.05, 4.69) is 51.5 Å². The Morgan fingerprint density at radius 1 is 1.00 bits per heavy atom. The van der Waals surface area contributed by atoms with Gasteiger partial charge in [0.1, 0.15) is 5.65 Å². The molecule has 3 aromatic heterocycles. The standard InChI is InChI=1S/C33H33ClN6O/c1-4-40-31-25(17-29(32(40)41)28-16-21(2)27(18-30(28)34)24-6-5-13-35-19-24)20-36-33(38-31)37-26-9-7-22(8-10-26)23-11-14-39(3)15-12-23/h5-10,13,16-20,23H,4,11-12,14-15H2,1-3H3,(H,36,37,38). The Morgan fingerprint density at radius 3 is 2.49 bits per heavy atom. The first-order valence-electron chi connectivity index (χ1n) is 14.1. The van der Waals surface area contributed by atoms with E-state index in [9.17, 15) is 4.79 Å². The molecule has 4 heterocycles. The number of anilines is 2. The molecule has 5 aromatic rings. The lowest BCUT2D eigenvalue weighted by atomic mass is 9.89. The number of likely N-dealkylation sites (tertiary alicyclic amines) is 1. The van der Waals surface area contributed by atoms with Crippen LogP contribution in [-0.2, 0) is 6.54 Å². The van der Waals surface area contributed by atoms with Crippen LogP contribution in [0.15, 0.2) is 78.0 Å². The van der Waals surface area contributed by atoms with Crippen molar-refractivity contribution in [1.82, 2.24) is 24.4 Å². The van der Waals surface area contributed by atoms with Gasteiger partial charge in [-0.3, -0.25) is 14.3 Å². The molecule has 0 aliphatic carbocycles. The monoisotopic (exact) mass is 564 g/mol. The average molecular weight is 565 g/mol. The summed E-state index contributed by atoms with van der Waals surface area (Å²) in [5.41, 5.74) is 6.94. The number of aryl methyl sites for hydroxylation is 2. The van der Waals surface area contributed by atoms with E-state index in [4.69, 9.17) is 16.6 Å². The predicted octanol–water partition coefficient (Wildman–Crippen LogP) is 7.06. The van der Waals surface area contributed by atoms with Gasteiger partial charge in [0.05, 0.1) is 0 Å². The Bertz CT molecular complexity index is 1760. The summed E-state index contributed by atoms with van der Waals surface area (Å²) in [6.45, 7) is 6.70. The van der Waals surface area contributed by atoms with Crippen molar-refractivity contribution in [3.63, 3.8) is 0 Å². The van der Waals surface area contributed by atoms with Crippen LogP contribution < -0.4 is 10.9 Å². The Hall–Kier alpha value is -4.07. The molecule has 0 atom stereocenters. The van der Waals surface area contributed by atoms with Crippen LogP contribution in [0.2, 0.25) is 5.02 Å². The van der Waals surface area contributed by atoms with E-state index in [0.29, 0.717) is 40.2 Å². The fourth-order valence-corrected chi connectivity index (χ4v) is 6.00. The number of benzene rings is 2. The molecule has 1 saturated heterocycles. The molecule has 7 nitrogen and oxygen atoms in total. The van der Waals surface area contributed by atoms with Gasteiger partial charge in [-0.2, -0.15) is 4.98 Å². The van der Waals surface area contributed by atoms with Crippen molar-refractivity contribution < 1.29 is 0 Å². The number of piperidine rings is 1. The van der Waals surface area contributed by atoms with Crippen LogP contribution in [0.4, 0.5) is 11.6 Å². The van der Waals surface area contributed by atoms with Crippen molar-refractivity contribution in [1.29, 1.82) is 0 Å². The molecule has 1 N–H and O–H groups in total. The molecule has 6 rings (SSSR count). The lowest BCUT2D eigenvalue weighted by molar-refractivity contribution is 0.255. The number of pyridine rings is 2. The highest BCUT2D eigenvalue weighted by atomic mass is 35.5. The minimum absolute atomic E-state index is 0.137. The summed E-state index contributed by atoms with van der Waals surface area (Å²) in [7, 11) is 2.18. The normalized spacial score (nSPS) is 14.4. The number of fused-ring (bicyclic) bond motifs is 1. The number of rotatable bonds is 6. The maximum atomic E-state index is 13.7. The molecule has 2 aromatic carbocycles. The van der Waals surface area contributed by atoms with Gasteiger partial charge in [-0.25, -0.2) is 4.98 Å². The SMILES string of the molecule is CCn1c(=O)c(-c2cc(C)c(-c3cccnc3)cc2Cl)cc2cnc(Nc3ccc(C4CCN(C)CC4)cc3)nc21. The van der Waals surface area contributed by atoms with Crippen molar-refractivity contribution in [3.8, 4) is 22.3 Å². The van der Waals surface area contributed by atoms with Crippen LogP contribution in [0.5, 0.6) is 0 Å². The second kappa shape index (κ2) is 11.4. The highest BCUT2D eigenvalue weighted by Crippen LogP contribution is 2.35. The molecule has 0 saturated carbocycles. The first-order valence-corrected chi connectivity index (χ1v) is 14.5. The predicted molar refractivity (Wildman–Crippen MR) is 167 cm³/mol. The Labute approximate surface area is 244 Å². The smallest absolute Gasteiger partial charge is 0.260 e. The number of aromatic nitrogens is 4. The highest BCUT2D eigenvalue weighted by Gasteiger charge is 2.19. The molecule has 0 amide bonds. The average Bonchev–Trinajstić information content (AvgIpc) is 2.99. The zero-order chi connectivity index (χ0) is 28.5. The highest BCUT2D eigenvalue weighted by molar-refractivity contribution is 6.33. The van der Waals surface area contributed by atoms with Gasteiger partial charge < -0.3 is 10.2 Å². The van der Waals surface area contributed by atoms with E-state index in [1.165, 1.54) is 18.4 Å². The van der Waals surface area contributed by atoms with Gasteiger partial charge in [0.15, 0.2) is 0 Å². The van der Waals surface area contributed by atoms with Gasteiger partial charge in [-0.05, 0) is 106 Å². The molecule has 1 aliphatic heterocycles. The zero-order valence-electron chi connectivity index (χ0n) is 23.6. The van der Waals surface area contributed by atoms with Gasteiger partial charge in [-0.15, -0.1) is 0 Å². The van der Waals surface area contributed by atoms with E-state index < -0.39 is 0 Å². The second-order valence-corrected chi connectivity index (χ2v) is 11.2. The zero-order valence-corrected chi connectivity index (χ0v) is 24.3. The third kappa shape index (κ3) is 5.47. The molecule has 0 spiro atoms. The lowest BCUT2D eigenvalue weighted by Crippen LogP contribution is -2.29. The van der Waals surface area contributed by atoms with Gasteiger partial charge in [0.25, 0.3) is 5.56 Å². The Kier molecular flexibility index (Phi) is 7.56. The van der Waals surface area contributed by atoms with Crippen LogP contribution >= 0.6 is 11.6 Å².